The van der Waals surface area contributed by atoms with Crippen molar-refractivity contribution in [3.63, 3.8) is 0 Å². The average Bonchev–Trinajstić information content (AvgIpc) is 3.16. The van der Waals surface area contributed by atoms with Crippen LogP contribution in [0.4, 0.5) is 17.1 Å². The summed E-state index contributed by atoms with van der Waals surface area (Å²) in [5.74, 6) is -0.833. The summed E-state index contributed by atoms with van der Waals surface area (Å²) in [7, 11) is 0. The highest BCUT2D eigenvalue weighted by Crippen LogP contribution is 2.35. The maximum Gasteiger partial charge on any atom is 0.331 e. The summed E-state index contributed by atoms with van der Waals surface area (Å²) in [6, 6.07) is 15.9. The Morgan fingerprint density at radius 3 is 2.82 bits per heavy atom. The van der Waals surface area contributed by atoms with Crippen molar-refractivity contribution in [1.29, 1.82) is 0 Å². The summed E-state index contributed by atoms with van der Waals surface area (Å²) < 4.78 is 5.13. The molecule has 4 aromatic rings. The van der Waals surface area contributed by atoms with Gasteiger partial charge >= 0.3 is 5.97 Å². The van der Waals surface area contributed by atoms with Gasteiger partial charge in [0.1, 0.15) is 6.54 Å². The minimum atomic E-state index is -0.581. The van der Waals surface area contributed by atoms with Crippen molar-refractivity contribution in [2.75, 3.05) is 23.3 Å². The number of aromatic nitrogens is 1. The molecule has 2 heterocycles. The third-order valence-corrected chi connectivity index (χ3v) is 5.76. The zero-order valence-corrected chi connectivity index (χ0v) is 17.8. The van der Waals surface area contributed by atoms with Crippen LogP contribution in [0.3, 0.4) is 0 Å². The summed E-state index contributed by atoms with van der Waals surface area (Å²) >= 11 is 0. The van der Waals surface area contributed by atoms with Crippen LogP contribution >= 0.6 is 0 Å². The Morgan fingerprint density at radius 2 is 2.03 bits per heavy atom. The van der Waals surface area contributed by atoms with Crippen LogP contribution in [0.2, 0.25) is 0 Å². The number of non-ortho nitro benzene ring substituents is 1. The molecule has 0 radical (unpaired) electrons. The van der Waals surface area contributed by atoms with Crippen molar-refractivity contribution in [3.05, 3.63) is 70.3 Å². The molecule has 1 amide bonds. The van der Waals surface area contributed by atoms with E-state index in [1.807, 2.05) is 24.3 Å². The first kappa shape index (κ1) is 20.5. The highest BCUT2D eigenvalue weighted by atomic mass is 16.6. The highest BCUT2D eigenvalue weighted by molar-refractivity contribution is 6.09. The number of hydrogen-bond acceptors (Lipinski definition) is 6. The SMILES string of the molecule is CCc1cccc2c1[nH]c1cc(NC(=O)CN3CC(=O)Oc4cc([N+](=O)[O-])ccc43)ccc12. The number of aromatic amines is 1. The van der Waals surface area contributed by atoms with Crippen molar-refractivity contribution in [3.8, 4) is 5.75 Å². The van der Waals surface area contributed by atoms with Crippen molar-refractivity contribution >= 4 is 50.7 Å². The molecule has 0 fully saturated rings. The molecule has 9 heteroatoms. The Bertz CT molecular complexity index is 1440. The quantitative estimate of drug-likeness (QED) is 0.207. The van der Waals surface area contributed by atoms with Crippen LogP contribution in [0.1, 0.15) is 12.5 Å². The molecule has 9 nitrogen and oxygen atoms in total. The zero-order valence-electron chi connectivity index (χ0n) is 17.8. The fourth-order valence-electron chi connectivity index (χ4n) is 4.23. The Balaban J connectivity index is 1.37. The topological polar surface area (TPSA) is 118 Å². The lowest BCUT2D eigenvalue weighted by Crippen LogP contribution is -2.41. The third kappa shape index (κ3) is 3.73. The van der Waals surface area contributed by atoms with Crippen molar-refractivity contribution in [2.24, 2.45) is 0 Å². The number of hydrogen-bond donors (Lipinski definition) is 2. The van der Waals surface area contributed by atoms with Gasteiger partial charge in [-0.1, -0.05) is 31.2 Å². The van der Waals surface area contributed by atoms with Crippen molar-refractivity contribution < 1.29 is 19.2 Å². The number of rotatable bonds is 5. The molecule has 3 aromatic carbocycles. The lowest BCUT2D eigenvalue weighted by molar-refractivity contribution is -0.384. The van der Waals surface area contributed by atoms with Crippen LogP contribution in [0.5, 0.6) is 5.75 Å². The number of para-hydroxylation sites is 1. The fraction of sp³-hybridized carbons (Fsp3) is 0.167. The molecule has 166 valence electrons. The van der Waals surface area contributed by atoms with E-state index in [1.54, 1.807) is 0 Å². The monoisotopic (exact) mass is 444 g/mol. The lowest BCUT2D eigenvalue weighted by atomic mass is 10.1. The summed E-state index contributed by atoms with van der Waals surface area (Å²) in [6.45, 7) is 1.88. The van der Waals surface area contributed by atoms with Gasteiger partial charge in [-0.15, -0.1) is 0 Å². The van der Waals surface area contributed by atoms with E-state index in [1.165, 1.54) is 28.7 Å². The second kappa shape index (κ2) is 7.94. The van der Waals surface area contributed by atoms with Gasteiger partial charge in [-0.05, 0) is 30.2 Å². The Morgan fingerprint density at radius 1 is 1.18 bits per heavy atom. The number of H-pyrrole nitrogens is 1. The minimum absolute atomic E-state index is 0.0690. The molecule has 2 N–H and O–H groups in total. The fourth-order valence-corrected chi connectivity index (χ4v) is 4.23. The molecule has 33 heavy (non-hydrogen) atoms. The van der Waals surface area contributed by atoms with Gasteiger partial charge in [0.15, 0.2) is 5.75 Å². The number of ether oxygens (including phenoxy) is 1. The van der Waals surface area contributed by atoms with E-state index < -0.39 is 10.9 Å². The standard InChI is InChI=1S/C24H20N4O5/c1-2-14-4-3-5-18-17-8-6-15(10-19(17)26-24(14)18)25-22(29)12-27-13-23(30)33-21-11-16(28(31)32)7-9-20(21)27/h3-11,26H,2,12-13H2,1H3,(H,25,29). The summed E-state index contributed by atoms with van der Waals surface area (Å²) in [6.07, 6.45) is 0.913. The van der Waals surface area contributed by atoms with E-state index in [2.05, 4.69) is 29.4 Å². The molecule has 0 saturated carbocycles. The van der Waals surface area contributed by atoms with Crippen LogP contribution in [0, 0.1) is 10.1 Å². The number of fused-ring (bicyclic) bond motifs is 4. The third-order valence-electron chi connectivity index (χ3n) is 5.76. The first-order chi connectivity index (χ1) is 15.9. The number of nitrogens with one attached hydrogen (secondary N) is 2. The molecular formula is C24H20N4O5. The van der Waals surface area contributed by atoms with Gasteiger partial charge in [0.2, 0.25) is 5.91 Å². The molecule has 0 bridgehead atoms. The van der Waals surface area contributed by atoms with E-state index in [4.69, 9.17) is 4.74 Å². The molecule has 5 rings (SSSR count). The van der Waals surface area contributed by atoms with Gasteiger partial charge in [0.05, 0.1) is 23.2 Å². The Labute approximate surface area is 188 Å². The molecule has 0 spiro atoms. The molecule has 0 unspecified atom stereocenters. The second-order valence-electron chi connectivity index (χ2n) is 7.87. The van der Waals surface area contributed by atoms with Crippen LogP contribution in [0.15, 0.2) is 54.6 Å². The predicted octanol–water partition coefficient (Wildman–Crippen LogP) is 4.16. The highest BCUT2D eigenvalue weighted by Gasteiger charge is 2.27. The molecule has 0 aliphatic carbocycles. The normalized spacial score (nSPS) is 13.1. The summed E-state index contributed by atoms with van der Waals surface area (Å²) in [5, 5.41) is 16.1. The zero-order chi connectivity index (χ0) is 23.1. The first-order valence-electron chi connectivity index (χ1n) is 10.5. The molecule has 0 saturated heterocycles. The number of esters is 1. The van der Waals surface area contributed by atoms with Crippen molar-refractivity contribution in [2.45, 2.75) is 13.3 Å². The second-order valence-corrected chi connectivity index (χ2v) is 7.87. The number of carbonyl (C=O) groups excluding carboxylic acids is 2. The van der Waals surface area contributed by atoms with Gasteiger partial charge in [0.25, 0.3) is 5.69 Å². The largest absolute Gasteiger partial charge is 0.423 e. The number of nitrogens with zero attached hydrogens (tertiary/aromatic N) is 2. The van der Waals surface area contributed by atoms with Gasteiger partial charge in [-0.25, -0.2) is 4.79 Å². The van der Waals surface area contributed by atoms with Crippen LogP contribution in [-0.2, 0) is 16.0 Å². The molecule has 0 atom stereocenters. The first-order valence-corrected chi connectivity index (χ1v) is 10.5. The van der Waals surface area contributed by atoms with E-state index in [0.29, 0.717) is 11.4 Å². The number of aryl methyl sites for hydroxylation is 1. The maximum atomic E-state index is 12.8. The predicted molar refractivity (Wildman–Crippen MR) is 125 cm³/mol. The Hall–Kier alpha value is -4.40. The van der Waals surface area contributed by atoms with E-state index in [9.17, 15) is 19.7 Å². The molecular weight excluding hydrogens is 424 g/mol. The number of nitro benzene ring substituents is 1. The minimum Gasteiger partial charge on any atom is -0.423 e. The van der Waals surface area contributed by atoms with Gasteiger partial charge < -0.3 is 19.9 Å². The average molecular weight is 444 g/mol. The molecule has 1 aromatic heterocycles. The van der Waals surface area contributed by atoms with Crippen LogP contribution in [-0.4, -0.2) is 34.9 Å². The van der Waals surface area contributed by atoms with E-state index >= 15 is 0 Å². The number of nitro groups is 1. The van der Waals surface area contributed by atoms with Crippen LogP contribution in [0.25, 0.3) is 21.8 Å². The summed E-state index contributed by atoms with van der Waals surface area (Å²) in [5.41, 5.74) is 4.13. The van der Waals surface area contributed by atoms with Gasteiger partial charge in [-0.3, -0.25) is 14.9 Å². The number of benzene rings is 3. The van der Waals surface area contributed by atoms with Gasteiger partial charge in [0, 0.05) is 33.6 Å². The lowest BCUT2D eigenvalue weighted by Gasteiger charge is -2.28. The smallest absolute Gasteiger partial charge is 0.331 e. The maximum absolute atomic E-state index is 12.8. The van der Waals surface area contributed by atoms with E-state index in [0.717, 1.165) is 28.2 Å². The van der Waals surface area contributed by atoms with Gasteiger partial charge in [-0.2, -0.15) is 0 Å². The number of carbonyl (C=O) groups is 2. The molecule has 1 aliphatic rings. The Kier molecular flexibility index (Phi) is 4.93. The van der Waals surface area contributed by atoms with E-state index in [-0.39, 0.29) is 30.4 Å². The molecule has 1 aliphatic heterocycles. The van der Waals surface area contributed by atoms with Crippen LogP contribution < -0.4 is 15.0 Å². The van der Waals surface area contributed by atoms with Crippen molar-refractivity contribution in [1.82, 2.24) is 4.98 Å². The number of amides is 1. The summed E-state index contributed by atoms with van der Waals surface area (Å²) in [4.78, 5) is 40.1. The number of anilines is 2.